The lowest BCUT2D eigenvalue weighted by Crippen LogP contribution is -2.12. The summed E-state index contributed by atoms with van der Waals surface area (Å²) in [6.07, 6.45) is -4.84. The molecule has 0 bridgehead atoms. The van der Waals surface area contributed by atoms with E-state index < -0.39 is 28.9 Å². The second-order valence-corrected chi connectivity index (χ2v) is 6.25. The van der Waals surface area contributed by atoms with Crippen LogP contribution in [0.25, 0.3) is 0 Å². The van der Waals surface area contributed by atoms with Crippen LogP contribution in [0.1, 0.15) is 20.8 Å². The predicted molar refractivity (Wildman–Crippen MR) is 74.6 cm³/mol. The van der Waals surface area contributed by atoms with Crippen LogP contribution >= 0.6 is 43.2 Å². The number of hydrogen-bond acceptors (Lipinski definition) is 2. The van der Waals surface area contributed by atoms with Crippen molar-refractivity contribution in [2.24, 2.45) is 0 Å². The summed E-state index contributed by atoms with van der Waals surface area (Å²) in [4.78, 5) is 12.3. The number of alkyl halides is 3. The van der Waals surface area contributed by atoms with Crippen molar-refractivity contribution in [1.82, 2.24) is 0 Å². The fraction of sp³-hybridized carbons (Fsp3) is 0.0833. The molecule has 0 spiro atoms. The molecular weight excluding hydrogens is 428 g/mol. The fourth-order valence-electron chi connectivity index (χ4n) is 1.52. The molecule has 106 valence electrons. The van der Waals surface area contributed by atoms with Crippen molar-refractivity contribution in [2.75, 3.05) is 0 Å². The highest BCUT2D eigenvalue weighted by atomic mass is 79.9. The van der Waals surface area contributed by atoms with Gasteiger partial charge in [-0.3, -0.25) is 4.79 Å². The summed E-state index contributed by atoms with van der Waals surface area (Å²) in [5, 5.41) is 1.59. The van der Waals surface area contributed by atoms with Crippen LogP contribution in [0, 0.1) is 5.82 Å². The Morgan fingerprint density at radius 1 is 1.20 bits per heavy atom. The highest BCUT2D eigenvalue weighted by Crippen LogP contribution is 2.36. The first-order valence-electron chi connectivity index (χ1n) is 5.06. The molecule has 1 aromatic carbocycles. The maximum Gasteiger partial charge on any atom is 0.419 e. The van der Waals surface area contributed by atoms with Crippen LogP contribution in [-0.4, -0.2) is 5.78 Å². The molecule has 2 aromatic rings. The Morgan fingerprint density at radius 2 is 1.85 bits per heavy atom. The van der Waals surface area contributed by atoms with Crippen molar-refractivity contribution < 1.29 is 22.4 Å². The van der Waals surface area contributed by atoms with Gasteiger partial charge in [-0.15, -0.1) is 11.3 Å². The average Bonchev–Trinajstić information content (AvgIpc) is 2.68. The topological polar surface area (TPSA) is 17.1 Å². The number of hydrogen-bond donors (Lipinski definition) is 0. The van der Waals surface area contributed by atoms with Crippen molar-refractivity contribution in [2.45, 2.75) is 6.18 Å². The van der Waals surface area contributed by atoms with Gasteiger partial charge in [0.1, 0.15) is 5.82 Å². The zero-order chi connectivity index (χ0) is 15.1. The first kappa shape index (κ1) is 15.7. The Morgan fingerprint density at radius 3 is 2.35 bits per heavy atom. The van der Waals surface area contributed by atoms with Gasteiger partial charge in [-0.2, -0.15) is 13.2 Å². The van der Waals surface area contributed by atoms with E-state index in [1.54, 1.807) is 5.38 Å². The maximum absolute atomic E-state index is 13.9. The van der Waals surface area contributed by atoms with E-state index in [1.807, 2.05) is 0 Å². The molecule has 1 heterocycles. The van der Waals surface area contributed by atoms with Gasteiger partial charge in [-0.05, 0) is 44.0 Å². The Kier molecular flexibility index (Phi) is 4.36. The minimum absolute atomic E-state index is 0.134. The second-order valence-electron chi connectivity index (χ2n) is 3.72. The minimum atomic E-state index is -4.84. The van der Waals surface area contributed by atoms with Crippen molar-refractivity contribution in [1.29, 1.82) is 0 Å². The zero-order valence-corrected chi connectivity index (χ0v) is 13.4. The molecule has 0 N–H and O–H groups in total. The van der Waals surface area contributed by atoms with Crippen molar-refractivity contribution >= 4 is 49.0 Å². The van der Waals surface area contributed by atoms with Crippen molar-refractivity contribution in [3.05, 3.63) is 54.3 Å². The minimum Gasteiger partial charge on any atom is -0.288 e. The summed E-state index contributed by atoms with van der Waals surface area (Å²) in [5.74, 6) is -2.35. The lowest BCUT2D eigenvalue weighted by atomic mass is 10.0. The third kappa shape index (κ3) is 2.82. The second kappa shape index (κ2) is 5.57. The molecular formula is C12H4Br2F4OS. The Hall–Kier alpha value is -0.730. The fourth-order valence-corrected chi connectivity index (χ4v) is 3.63. The van der Waals surface area contributed by atoms with Gasteiger partial charge in [0.15, 0.2) is 0 Å². The number of rotatable bonds is 2. The number of ketones is 1. The zero-order valence-electron chi connectivity index (χ0n) is 9.39. The van der Waals surface area contributed by atoms with Gasteiger partial charge in [-0.1, -0.05) is 6.07 Å². The Balaban J connectivity index is 2.54. The summed E-state index contributed by atoms with van der Waals surface area (Å²) < 4.78 is 52.7. The Bertz CT molecular complexity index is 679. The molecule has 0 unspecified atom stereocenters. The summed E-state index contributed by atoms with van der Waals surface area (Å²) >= 11 is 7.30. The molecule has 0 radical (unpaired) electrons. The molecule has 0 aliphatic carbocycles. The van der Waals surface area contributed by atoms with Crippen LogP contribution < -0.4 is 0 Å². The van der Waals surface area contributed by atoms with Crippen LogP contribution in [-0.2, 0) is 6.18 Å². The van der Waals surface area contributed by atoms with E-state index >= 15 is 0 Å². The van der Waals surface area contributed by atoms with E-state index in [0.717, 1.165) is 23.5 Å². The first-order chi connectivity index (χ1) is 9.23. The lowest BCUT2D eigenvalue weighted by molar-refractivity contribution is -0.140. The van der Waals surface area contributed by atoms with Gasteiger partial charge in [-0.25, -0.2) is 4.39 Å². The lowest BCUT2D eigenvalue weighted by Gasteiger charge is -2.10. The SMILES string of the molecule is O=C(c1cccc(C(F)(F)F)c1F)c1scc(Br)c1Br. The third-order valence-electron chi connectivity index (χ3n) is 2.44. The molecule has 0 saturated carbocycles. The summed E-state index contributed by atoms with van der Waals surface area (Å²) in [6, 6.07) is 2.65. The maximum atomic E-state index is 13.9. The molecule has 20 heavy (non-hydrogen) atoms. The van der Waals surface area contributed by atoms with Crippen LogP contribution in [0.2, 0.25) is 0 Å². The number of halogens is 6. The normalized spacial score (nSPS) is 11.7. The number of carbonyl (C=O) groups is 1. The van der Waals surface area contributed by atoms with Crippen molar-refractivity contribution in [3.8, 4) is 0 Å². The predicted octanol–water partition coefficient (Wildman–Crippen LogP) is 5.66. The molecule has 0 aliphatic rings. The van der Waals surface area contributed by atoms with Gasteiger partial charge < -0.3 is 0 Å². The summed E-state index contributed by atoms with van der Waals surface area (Å²) in [6.45, 7) is 0. The average molecular weight is 432 g/mol. The van der Waals surface area contributed by atoms with E-state index in [-0.39, 0.29) is 4.88 Å². The molecule has 1 aromatic heterocycles. The van der Waals surface area contributed by atoms with Gasteiger partial charge in [0, 0.05) is 9.85 Å². The molecule has 0 fully saturated rings. The molecule has 0 atom stereocenters. The third-order valence-corrected chi connectivity index (χ3v) is 5.97. The van der Waals surface area contributed by atoms with E-state index in [9.17, 15) is 22.4 Å². The van der Waals surface area contributed by atoms with Gasteiger partial charge in [0.2, 0.25) is 5.78 Å². The van der Waals surface area contributed by atoms with Gasteiger partial charge >= 0.3 is 6.18 Å². The van der Waals surface area contributed by atoms with E-state index in [4.69, 9.17) is 0 Å². The highest BCUT2D eigenvalue weighted by molar-refractivity contribution is 9.13. The van der Waals surface area contributed by atoms with Crippen LogP contribution in [0.5, 0.6) is 0 Å². The quantitative estimate of drug-likeness (QED) is 0.442. The van der Waals surface area contributed by atoms with Gasteiger partial charge in [0.25, 0.3) is 0 Å². The van der Waals surface area contributed by atoms with E-state index in [1.165, 1.54) is 0 Å². The number of benzene rings is 1. The van der Waals surface area contributed by atoms with E-state index in [0.29, 0.717) is 15.0 Å². The number of thiophene rings is 1. The first-order valence-corrected chi connectivity index (χ1v) is 7.53. The van der Waals surface area contributed by atoms with Crippen molar-refractivity contribution in [3.63, 3.8) is 0 Å². The van der Waals surface area contributed by atoms with Crippen LogP contribution in [0.4, 0.5) is 17.6 Å². The van der Waals surface area contributed by atoms with Crippen LogP contribution in [0.15, 0.2) is 32.5 Å². The monoisotopic (exact) mass is 430 g/mol. The number of carbonyl (C=O) groups excluding carboxylic acids is 1. The largest absolute Gasteiger partial charge is 0.419 e. The molecule has 0 saturated heterocycles. The van der Waals surface area contributed by atoms with E-state index in [2.05, 4.69) is 31.9 Å². The molecule has 0 amide bonds. The summed E-state index contributed by atoms with van der Waals surface area (Å²) in [5.41, 5.74) is -2.05. The molecule has 8 heteroatoms. The van der Waals surface area contributed by atoms with Gasteiger partial charge in [0.05, 0.1) is 20.5 Å². The smallest absolute Gasteiger partial charge is 0.288 e. The summed E-state index contributed by atoms with van der Waals surface area (Å²) in [7, 11) is 0. The Labute approximate surface area is 131 Å². The standard InChI is InChI=1S/C12H4Br2F4OS/c13-7-4-20-11(8(7)14)10(19)5-2-1-3-6(9(5)15)12(16,17)18/h1-4H. The molecule has 0 aliphatic heterocycles. The highest BCUT2D eigenvalue weighted by Gasteiger charge is 2.36. The molecule has 1 nitrogen and oxygen atoms in total. The van der Waals surface area contributed by atoms with Crippen LogP contribution in [0.3, 0.4) is 0 Å². The molecule has 2 rings (SSSR count).